The van der Waals surface area contributed by atoms with E-state index in [0.717, 1.165) is 99.9 Å². The maximum atomic E-state index is 13.5. The van der Waals surface area contributed by atoms with Gasteiger partial charge in [0.1, 0.15) is 5.82 Å². The number of piperidine rings is 1. The number of nitrogens with zero attached hydrogens (tertiary/aromatic N) is 4. The third-order valence-electron chi connectivity index (χ3n) is 10.7. The van der Waals surface area contributed by atoms with Crippen molar-refractivity contribution in [3.05, 3.63) is 35.5 Å². The fourth-order valence-electron chi connectivity index (χ4n) is 7.82. The van der Waals surface area contributed by atoms with Gasteiger partial charge < -0.3 is 10.2 Å². The number of aromatic nitrogens is 2. The van der Waals surface area contributed by atoms with Crippen molar-refractivity contribution in [2.75, 3.05) is 23.3 Å². The van der Waals surface area contributed by atoms with Crippen LogP contribution in [-0.2, 0) is 20.0 Å². The summed E-state index contributed by atoms with van der Waals surface area (Å²) in [6.45, 7) is 8.54. The van der Waals surface area contributed by atoms with Crippen molar-refractivity contribution in [3.8, 4) is 0 Å². The number of fused-ring (bicyclic) bond motifs is 2. The zero-order chi connectivity index (χ0) is 27.9. The molecule has 3 saturated carbocycles. The van der Waals surface area contributed by atoms with Gasteiger partial charge in [-0.25, -0.2) is 13.4 Å². The van der Waals surface area contributed by atoms with Gasteiger partial charge in [0.05, 0.1) is 15.6 Å². The highest BCUT2D eigenvalue weighted by atomic mass is 32.2. The Balaban J connectivity index is 0.00000302. The Kier molecular flexibility index (Phi) is 6.10. The molecule has 2 aliphatic heterocycles. The number of carbonyl (C=O) groups excluding carboxylic acids is 1. The highest BCUT2D eigenvalue weighted by Crippen LogP contribution is 2.58. The number of amides is 1. The minimum absolute atomic E-state index is 0. The van der Waals surface area contributed by atoms with Gasteiger partial charge in [-0.2, -0.15) is 4.98 Å². The Morgan fingerprint density at radius 3 is 2.40 bits per heavy atom. The summed E-state index contributed by atoms with van der Waals surface area (Å²) in [5.74, 6) is 1.41. The highest BCUT2D eigenvalue weighted by Gasteiger charge is 2.61. The molecule has 3 heterocycles. The van der Waals surface area contributed by atoms with E-state index in [1.165, 1.54) is 0 Å². The lowest BCUT2D eigenvalue weighted by atomic mass is 9.63. The molecule has 216 valence electrons. The van der Waals surface area contributed by atoms with Gasteiger partial charge >= 0.3 is 0 Å². The summed E-state index contributed by atoms with van der Waals surface area (Å²) >= 11 is 0. The van der Waals surface area contributed by atoms with Crippen LogP contribution in [0.25, 0.3) is 0 Å². The maximum absolute atomic E-state index is 13.5. The average molecular weight is 566 g/mol. The summed E-state index contributed by atoms with van der Waals surface area (Å²) in [5, 5.41) is 3.02. The molecule has 0 radical (unpaired) electrons. The molecule has 0 bridgehead atoms. The van der Waals surface area contributed by atoms with Crippen molar-refractivity contribution in [2.24, 2.45) is 5.41 Å². The quantitative estimate of drug-likeness (QED) is 0.493. The number of nitrogens with one attached hydrogen (secondary N) is 1. The molecule has 4 fully saturated rings. The van der Waals surface area contributed by atoms with Crippen LogP contribution in [0.3, 0.4) is 0 Å². The number of sulfone groups is 1. The number of benzene rings is 1. The molecule has 5 aliphatic rings. The summed E-state index contributed by atoms with van der Waals surface area (Å²) in [4.78, 5) is 27.7. The van der Waals surface area contributed by atoms with Gasteiger partial charge in [0.25, 0.3) is 0 Å². The third-order valence-corrected chi connectivity index (χ3v) is 12.8. The largest absolute Gasteiger partial charge is 0.324 e. The Morgan fingerprint density at radius 1 is 1.07 bits per heavy atom. The molecular weight excluding hydrogens is 522 g/mol. The van der Waals surface area contributed by atoms with Gasteiger partial charge in [-0.3, -0.25) is 9.69 Å². The van der Waals surface area contributed by atoms with Crippen LogP contribution < -0.4 is 10.2 Å². The second kappa shape index (κ2) is 9.24. The van der Waals surface area contributed by atoms with Crippen molar-refractivity contribution in [2.45, 2.75) is 113 Å². The summed E-state index contributed by atoms with van der Waals surface area (Å²) in [6, 6.07) is 6.12. The molecule has 0 unspecified atom stereocenters. The number of aryl methyl sites for hydroxylation is 1. The van der Waals surface area contributed by atoms with E-state index in [1.54, 1.807) is 12.1 Å². The molecule has 1 N–H and O–H groups in total. The third kappa shape index (κ3) is 4.10. The fourth-order valence-corrected chi connectivity index (χ4v) is 9.95. The van der Waals surface area contributed by atoms with Crippen molar-refractivity contribution in [3.63, 3.8) is 0 Å². The van der Waals surface area contributed by atoms with Gasteiger partial charge in [0, 0.05) is 31.0 Å². The number of rotatable bonds is 6. The first kappa shape index (κ1) is 26.4. The standard InChI is InChI=1S/C31H41N5O3S.H2/c1-20(2)35-14-12-30(13-15-35)17-24(18-30)40(38,39)23-8-9-26(21(3)16-23)33-29-32-19-25-27(34-29)36(22-6-4-5-7-22)28(37)31(25)10-11-31;/h8-9,16,19-20,22,24H,4-7,10-15,17-18H2,1-3H3,(H,32,33,34);1H. The van der Waals surface area contributed by atoms with E-state index in [1.807, 2.05) is 24.1 Å². The molecule has 1 aromatic carbocycles. The van der Waals surface area contributed by atoms with Crippen LogP contribution in [0, 0.1) is 12.3 Å². The van der Waals surface area contributed by atoms with Crippen LogP contribution in [-0.4, -0.2) is 59.6 Å². The summed E-state index contributed by atoms with van der Waals surface area (Å²) in [5.41, 5.74) is 2.40. The molecular formula is C31H43N5O3S. The highest BCUT2D eigenvalue weighted by molar-refractivity contribution is 7.92. The number of hydrogen-bond acceptors (Lipinski definition) is 7. The van der Waals surface area contributed by atoms with Gasteiger partial charge in [0.2, 0.25) is 11.9 Å². The van der Waals surface area contributed by atoms with E-state index in [2.05, 4.69) is 29.0 Å². The van der Waals surface area contributed by atoms with Gasteiger partial charge in [-0.1, -0.05) is 12.8 Å². The van der Waals surface area contributed by atoms with E-state index in [4.69, 9.17) is 4.98 Å². The first-order chi connectivity index (χ1) is 19.1. The lowest BCUT2D eigenvalue weighted by molar-refractivity contribution is -0.120. The van der Waals surface area contributed by atoms with Crippen LogP contribution >= 0.6 is 0 Å². The second-order valence-electron chi connectivity index (χ2n) is 13.4. The van der Waals surface area contributed by atoms with Crippen molar-refractivity contribution in [1.82, 2.24) is 14.9 Å². The zero-order valence-electron chi connectivity index (χ0n) is 23.9. The van der Waals surface area contributed by atoms with E-state index < -0.39 is 15.3 Å². The average Bonchev–Trinajstić information content (AvgIpc) is 3.47. The van der Waals surface area contributed by atoms with Crippen molar-refractivity contribution < 1.29 is 14.6 Å². The van der Waals surface area contributed by atoms with E-state index >= 15 is 0 Å². The first-order valence-electron chi connectivity index (χ1n) is 15.2. The van der Waals surface area contributed by atoms with Gasteiger partial charge in [0.15, 0.2) is 9.84 Å². The molecule has 7 rings (SSSR count). The lowest BCUT2D eigenvalue weighted by Gasteiger charge is -2.52. The molecule has 40 heavy (non-hydrogen) atoms. The number of likely N-dealkylation sites (tertiary alicyclic amines) is 1. The van der Waals surface area contributed by atoms with Crippen LogP contribution in [0.2, 0.25) is 0 Å². The zero-order valence-corrected chi connectivity index (χ0v) is 24.8. The number of carbonyl (C=O) groups is 1. The number of anilines is 3. The first-order valence-corrected chi connectivity index (χ1v) is 16.7. The van der Waals surface area contributed by atoms with Crippen molar-refractivity contribution in [1.29, 1.82) is 0 Å². The Labute approximate surface area is 239 Å². The summed E-state index contributed by atoms with van der Waals surface area (Å²) < 4.78 is 27.1. The predicted molar refractivity (Wildman–Crippen MR) is 158 cm³/mol. The lowest BCUT2D eigenvalue weighted by Crippen LogP contribution is -2.52. The second-order valence-corrected chi connectivity index (χ2v) is 15.7. The fraction of sp³-hybridized carbons (Fsp3) is 0.645. The van der Waals surface area contributed by atoms with E-state index in [0.29, 0.717) is 16.9 Å². The minimum Gasteiger partial charge on any atom is -0.324 e. The van der Waals surface area contributed by atoms with Gasteiger partial charge in [-0.05, 0) is 114 Å². The topological polar surface area (TPSA) is 95.5 Å². The molecule has 8 nitrogen and oxygen atoms in total. The molecule has 1 aromatic heterocycles. The minimum atomic E-state index is -3.37. The Morgan fingerprint density at radius 2 is 1.77 bits per heavy atom. The molecule has 1 saturated heterocycles. The maximum Gasteiger partial charge on any atom is 0.239 e. The van der Waals surface area contributed by atoms with E-state index in [9.17, 15) is 13.2 Å². The molecule has 2 spiro atoms. The normalized spacial score (nSPS) is 24.2. The van der Waals surface area contributed by atoms with Crippen LogP contribution in [0.1, 0.15) is 90.6 Å². The molecule has 2 aromatic rings. The van der Waals surface area contributed by atoms with Crippen LogP contribution in [0.5, 0.6) is 0 Å². The van der Waals surface area contributed by atoms with Crippen molar-refractivity contribution >= 4 is 33.2 Å². The molecule has 9 heteroatoms. The Bertz CT molecular complexity index is 1450. The van der Waals surface area contributed by atoms with Crippen LogP contribution in [0.15, 0.2) is 29.3 Å². The monoisotopic (exact) mass is 565 g/mol. The number of hydrogen-bond donors (Lipinski definition) is 1. The SMILES string of the molecule is Cc1cc(S(=O)(=O)C2CC3(CCN(C(C)C)CC3)C2)ccc1Nc1ncc2c(n1)N(C1CCCC1)C(=O)C21CC1.[HH]. The summed E-state index contributed by atoms with van der Waals surface area (Å²) in [7, 11) is -3.37. The molecule has 3 aliphatic carbocycles. The molecule has 0 atom stereocenters. The summed E-state index contributed by atoms with van der Waals surface area (Å²) in [6.07, 6.45) is 11.7. The predicted octanol–water partition coefficient (Wildman–Crippen LogP) is 5.52. The molecule has 1 amide bonds. The Hall–Kier alpha value is -2.52. The van der Waals surface area contributed by atoms with Crippen LogP contribution in [0.4, 0.5) is 17.5 Å². The van der Waals surface area contributed by atoms with E-state index in [-0.39, 0.29) is 24.0 Å². The van der Waals surface area contributed by atoms with Gasteiger partial charge in [-0.15, -0.1) is 0 Å². The smallest absolute Gasteiger partial charge is 0.239 e.